The van der Waals surface area contributed by atoms with E-state index < -0.39 is 8.07 Å². The number of hydrogen-bond donors (Lipinski definition) is 0. The summed E-state index contributed by atoms with van der Waals surface area (Å²) < 4.78 is 0. The molecule has 8 aromatic carbocycles. The monoisotopic (exact) mass is 926 g/mol. The number of para-hydroxylation sites is 2. The number of fused-ring (bicyclic) bond motifs is 11. The lowest BCUT2D eigenvalue weighted by Gasteiger charge is -2.44. The van der Waals surface area contributed by atoms with Gasteiger partial charge in [-0.1, -0.05) is 255 Å². The second-order valence-electron chi connectivity index (χ2n) is 22.7. The number of nitrogens with zero attached hydrogens (tertiary/aromatic N) is 1. The van der Waals surface area contributed by atoms with E-state index >= 15 is 0 Å². The SMILES string of the molecule is CC(C)c1cc(C(C)C)c(B2c3ccccc3B(c3c(C(C)C)cc(C(C)C)cc3C(C)C)c3cc(N4c5ccccc5[Si]5(c6ccccc6-c6ccccc65)c5ccccc54)ccc32)c(C(C)C)c1. The number of anilines is 3. The predicted molar refractivity (Wildman–Crippen MR) is 310 cm³/mol. The summed E-state index contributed by atoms with van der Waals surface area (Å²) in [6.07, 6.45) is 0. The molecule has 0 aromatic heterocycles. The van der Waals surface area contributed by atoms with Crippen LogP contribution in [0.4, 0.5) is 17.1 Å². The molecule has 0 fully saturated rings. The van der Waals surface area contributed by atoms with Gasteiger partial charge in [0, 0.05) is 17.1 Å². The van der Waals surface area contributed by atoms with Crippen LogP contribution in [-0.2, 0) is 0 Å². The van der Waals surface area contributed by atoms with Crippen molar-refractivity contribution in [3.05, 3.63) is 197 Å². The molecule has 8 aromatic rings. The average Bonchev–Trinajstić information content (AvgIpc) is 3.65. The fourth-order valence-corrected chi connectivity index (χ4v) is 18.8. The van der Waals surface area contributed by atoms with Gasteiger partial charge >= 0.3 is 0 Å². The zero-order valence-corrected chi connectivity index (χ0v) is 44.7. The Kier molecular flexibility index (Phi) is 11.7. The number of benzene rings is 8. The molecule has 70 heavy (non-hydrogen) atoms. The van der Waals surface area contributed by atoms with Gasteiger partial charge in [-0.2, -0.15) is 0 Å². The minimum absolute atomic E-state index is 0.0444. The van der Waals surface area contributed by atoms with Crippen LogP contribution in [0.1, 0.15) is 152 Å². The van der Waals surface area contributed by atoms with Crippen LogP contribution in [0.2, 0.25) is 0 Å². The molecule has 0 atom stereocenters. The fourth-order valence-electron chi connectivity index (χ4n) is 13.2. The highest BCUT2D eigenvalue weighted by atomic mass is 28.3. The zero-order chi connectivity index (χ0) is 48.9. The van der Waals surface area contributed by atoms with Gasteiger partial charge < -0.3 is 4.90 Å². The van der Waals surface area contributed by atoms with Gasteiger partial charge in [0.25, 0.3) is 0 Å². The summed E-state index contributed by atoms with van der Waals surface area (Å²) >= 11 is 0. The maximum atomic E-state index is 2.66. The molecule has 3 aliphatic heterocycles. The van der Waals surface area contributed by atoms with Gasteiger partial charge in [0.15, 0.2) is 8.07 Å². The standard InChI is InChI=1S/C66H69B2NSi/c1-40(2)46-35-51(42(5)6)65(52(36-46)43(7)8)67-55-25-15-16-26-56(55)68(66-53(44(9)10)37-47(41(3)4)38-54(66)45(11)12)58-39-48(33-34-57(58)67)69-59-27-17-21-31-63(59)70(64-32-22-18-28-60(64)69)61-29-19-13-23-49(61)50-24-14-20-30-62(50)70/h13-45H,1-12H3. The third kappa shape index (κ3) is 6.94. The van der Waals surface area contributed by atoms with Crippen molar-refractivity contribution in [3.63, 3.8) is 0 Å². The fraction of sp³-hybridized carbons (Fsp3) is 0.273. The van der Waals surface area contributed by atoms with E-state index in [1.165, 1.54) is 115 Å². The molecule has 0 saturated carbocycles. The molecule has 0 bridgehead atoms. The van der Waals surface area contributed by atoms with E-state index in [-0.39, 0.29) is 13.4 Å². The highest BCUT2D eigenvalue weighted by molar-refractivity contribution is 7.23. The van der Waals surface area contributed by atoms with Crippen LogP contribution in [0.3, 0.4) is 0 Å². The molecule has 3 aliphatic rings. The van der Waals surface area contributed by atoms with Crippen molar-refractivity contribution in [2.75, 3.05) is 4.90 Å². The highest BCUT2D eigenvalue weighted by Gasteiger charge is 2.54. The summed E-state index contributed by atoms with van der Waals surface area (Å²) in [5.41, 5.74) is 24.2. The first kappa shape index (κ1) is 46.3. The van der Waals surface area contributed by atoms with Crippen molar-refractivity contribution in [1.82, 2.24) is 0 Å². The predicted octanol–water partition coefficient (Wildman–Crippen LogP) is 10.9. The van der Waals surface area contributed by atoms with Crippen LogP contribution in [-0.4, -0.2) is 21.5 Å². The van der Waals surface area contributed by atoms with Gasteiger partial charge in [-0.15, -0.1) is 0 Å². The van der Waals surface area contributed by atoms with Crippen LogP contribution in [0.15, 0.2) is 164 Å². The van der Waals surface area contributed by atoms with E-state index in [0.29, 0.717) is 35.5 Å². The summed E-state index contributed by atoms with van der Waals surface area (Å²) in [6, 6.07) is 65.1. The first-order valence-electron chi connectivity index (χ1n) is 26.5. The molecule has 1 nitrogen and oxygen atoms in total. The molecular formula is C66H69B2NSi. The van der Waals surface area contributed by atoms with E-state index in [9.17, 15) is 0 Å². The normalized spacial score (nSPS) is 14.2. The molecule has 4 heteroatoms. The molecule has 0 unspecified atom stereocenters. The lowest BCUT2D eigenvalue weighted by molar-refractivity contribution is 0.812. The van der Waals surface area contributed by atoms with Gasteiger partial charge in [0.1, 0.15) is 0 Å². The Morgan fingerprint density at radius 3 is 1.07 bits per heavy atom. The Bertz CT molecular complexity index is 3180. The van der Waals surface area contributed by atoms with E-state index in [4.69, 9.17) is 0 Å². The van der Waals surface area contributed by atoms with Crippen LogP contribution < -0.4 is 58.4 Å². The summed E-state index contributed by atoms with van der Waals surface area (Å²) in [4.78, 5) is 2.64. The van der Waals surface area contributed by atoms with Crippen molar-refractivity contribution in [3.8, 4) is 11.1 Å². The van der Waals surface area contributed by atoms with Gasteiger partial charge in [0.05, 0.1) is 0 Å². The maximum absolute atomic E-state index is 2.72. The lowest BCUT2D eigenvalue weighted by atomic mass is 9.20. The van der Waals surface area contributed by atoms with E-state index in [1.807, 2.05) is 0 Å². The molecule has 11 rings (SSSR count). The zero-order valence-electron chi connectivity index (χ0n) is 43.7. The first-order chi connectivity index (χ1) is 33.7. The van der Waals surface area contributed by atoms with E-state index in [2.05, 4.69) is 252 Å². The summed E-state index contributed by atoms with van der Waals surface area (Å²) in [5, 5.41) is 5.92. The van der Waals surface area contributed by atoms with Crippen LogP contribution >= 0.6 is 0 Å². The molecule has 0 radical (unpaired) electrons. The number of hydrogen-bond acceptors (Lipinski definition) is 1. The van der Waals surface area contributed by atoms with Crippen LogP contribution in [0.25, 0.3) is 11.1 Å². The van der Waals surface area contributed by atoms with Gasteiger partial charge in [-0.05, 0) is 125 Å². The molecule has 348 valence electrons. The van der Waals surface area contributed by atoms with Gasteiger partial charge in [-0.25, -0.2) is 0 Å². The summed E-state index contributed by atoms with van der Waals surface area (Å²) in [7, 11) is -2.72. The Hall–Kier alpha value is -6.09. The minimum atomic E-state index is -2.72. The molecule has 1 spiro atoms. The third-order valence-electron chi connectivity index (χ3n) is 16.6. The molecule has 0 aliphatic carbocycles. The van der Waals surface area contributed by atoms with Gasteiger partial charge in [-0.3, -0.25) is 0 Å². The Labute approximate surface area is 421 Å². The Morgan fingerprint density at radius 1 is 0.329 bits per heavy atom. The average molecular weight is 926 g/mol. The first-order valence-corrected chi connectivity index (χ1v) is 28.5. The Morgan fingerprint density at radius 2 is 0.671 bits per heavy atom. The van der Waals surface area contributed by atoms with Crippen LogP contribution in [0.5, 0.6) is 0 Å². The third-order valence-corrected chi connectivity index (χ3v) is 21.5. The molecule has 0 amide bonds. The molecule has 3 heterocycles. The van der Waals surface area contributed by atoms with Crippen molar-refractivity contribution in [2.45, 2.75) is 119 Å². The molecular weight excluding hydrogens is 856 g/mol. The molecule has 0 N–H and O–H groups in total. The van der Waals surface area contributed by atoms with Gasteiger partial charge in [0.2, 0.25) is 13.4 Å². The number of rotatable bonds is 9. The largest absolute Gasteiger partial charge is 0.311 e. The van der Waals surface area contributed by atoms with E-state index in [0.717, 1.165) is 0 Å². The quantitative estimate of drug-likeness (QED) is 0.130. The van der Waals surface area contributed by atoms with Crippen molar-refractivity contribution >= 4 is 92.1 Å². The summed E-state index contributed by atoms with van der Waals surface area (Å²) in [6.45, 7) is 28.9. The minimum Gasteiger partial charge on any atom is -0.311 e. The second-order valence-corrected chi connectivity index (χ2v) is 26.3. The van der Waals surface area contributed by atoms with Crippen molar-refractivity contribution < 1.29 is 0 Å². The lowest BCUT2D eigenvalue weighted by Crippen LogP contribution is -2.76. The highest BCUT2D eigenvalue weighted by Crippen LogP contribution is 2.41. The van der Waals surface area contributed by atoms with Crippen LogP contribution in [0, 0.1) is 0 Å². The van der Waals surface area contributed by atoms with E-state index in [1.54, 1.807) is 0 Å². The second kappa shape index (κ2) is 17.6. The summed E-state index contributed by atoms with van der Waals surface area (Å²) in [5.74, 6) is 2.32. The smallest absolute Gasteiger partial charge is 0.240 e. The van der Waals surface area contributed by atoms with Crippen molar-refractivity contribution in [2.24, 2.45) is 0 Å². The molecule has 0 saturated heterocycles. The maximum Gasteiger partial charge on any atom is 0.240 e. The van der Waals surface area contributed by atoms with Crippen molar-refractivity contribution in [1.29, 1.82) is 0 Å². The Balaban J connectivity index is 1.24. The topological polar surface area (TPSA) is 3.24 Å².